The molecule has 0 aliphatic rings. The first-order chi connectivity index (χ1) is 8.60. The third-order valence-electron chi connectivity index (χ3n) is 2.58. The van der Waals surface area contributed by atoms with Gasteiger partial charge in [-0.15, -0.1) is 0 Å². The number of nitrogens with zero attached hydrogens (tertiary/aromatic N) is 3. The summed E-state index contributed by atoms with van der Waals surface area (Å²) in [5, 5.41) is 8.29. The number of aryl methyl sites for hydroxylation is 2. The molecular formula is C12H14BrClN4. The first-order valence-corrected chi connectivity index (χ1v) is 6.83. The summed E-state index contributed by atoms with van der Waals surface area (Å²) in [6.45, 7) is 2.80. The van der Waals surface area contributed by atoms with E-state index in [1.165, 1.54) is 5.56 Å². The normalized spacial score (nSPS) is 10.7. The highest BCUT2D eigenvalue weighted by atomic mass is 79.9. The lowest BCUT2D eigenvalue weighted by Crippen LogP contribution is -2.03. The van der Waals surface area contributed by atoms with Gasteiger partial charge in [-0.1, -0.05) is 18.5 Å². The maximum absolute atomic E-state index is 5.85. The van der Waals surface area contributed by atoms with Gasteiger partial charge >= 0.3 is 0 Å². The molecule has 0 bridgehead atoms. The number of aromatic nitrogens is 3. The van der Waals surface area contributed by atoms with Gasteiger partial charge in [-0.2, -0.15) is 5.10 Å². The average molecular weight is 330 g/mol. The van der Waals surface area contributed by atoms with Crippen molar-refractivity contribution < 1.29 is 0 Å². The Hall–Kier alpha value is -1.07. The van der Waals surface area contributed by atoms with Gasteiger partial charge in [-0.05, 0) is 28.4 Å². The molecule has 1 N–H and O–H groups in total. The van der Waals surface area contributed by atoms with E-state index in [2.05, 4.69) is 38.3 Å². The molecule has 2 rings (SSSR count). The molecule has 2 heterocycles. The maximum atomic E-state index is 5.85. The maximum Gasteiger partial charge on any atom is 0.140 e. The second-order valence-electron chi connectivity index (χ2n) is 3.97. The zero-order valence-electron chi connectivity index (χ0n) is 10.2. The van der Waals surface area contributed by atoms with Crippen LogP contribution in [0.4, 0.5) is 5.82 Å². The lowest BCUT2D eigenvalue weighted by atomic mass is 10.2. The van der Waals surface area contributed by atoms with E-state index < -0.39 is 0 Å². The molecule has 4 nitrogen and oxygen atoms in total. The number of rotatable bonds is 4. The van der Waals surface area contributed by atoms with E-state index in [1.54, 1.807) is 6.20 Å². The molecule has 0 atom stereocenters. The molecule has 18 heavy (non-hydrogen) atoms. The van der Waals surface area contributed by atoms with Crippen molar-refractivity contribution >= 4 is 33.3 Å². The molecule has 0 spiro atoms. The third kappa shape index (κ3) is 3.03. The second-order valence-corrected chi connectivity index (χ2v) is 5.26. The lowest BCUT2D eigenvalue weighted by Gasteiger charge is -2.07. The largest absolute Gasteiger partial charge is 0.365 e. The third-order valence-corrected chi connectivity index (χ3v) is 3.39. The van der Waals surface area contributed by atoms with Crippen LogP contribution in [0.25, 0.3) is 0 Å². The highest BCUT2D eigenvalue weighted by Gasteiger charge is 2.07. The summed E-state index contributed by atoms with van der Waals surface area (Å²) in [6, 6.07) is 1.82. The molecule has 2 aromatic rings. The van der Waals surface area contributed by atoms with E-state index in [4.69, 9.17) is 11.6 Å². The summed E-state index contributed by atoms with van der Waals surface area (Å²) in [4.78, 5) is 4.24. The van der Waals surface area contributed by atoms with Gasteiger partial charge in [0.2, 0.25) is 0 Å². The summed E-state index contributed by atoms with van der Waals surface area (Å²) >= 11 is 9.28. The molecule has 0 saturated heterocycles. The number of halogens is 2. The van der Waals surface area contributed by atoms with Crippen LogP contribution >= 0.6 is 27.5 Å². The number of hydrogen-bond acceptors (Lipinski definition) is 3. The van der Waals surface area contributed by atoms with Gasteiger partial charge < -0.3 is 5.32 Å². The number of hydrogen-bond donors (Lipinski definition) is 1. The molecule has 0 fully saturated rings. The summed E-state index contributed by atoms with van der Waals surface area (Å²) in [7, 11) is 1.93. The topological polar surface area (TPSA) is 42.7 Å². The summed E-state index contributed by atoms with van der Waals surface area (Å²) in [6.07, 6.45) is 4.57. The Morgan fingerprint density at radius 1 is 1.50 bits per heavy atom. The summed E-state index contributed by atoms with van der Waals surface area (Å²) < 4.78 is 2.69. The van der Waals surface area contributed by atoms with Crippen LogP contribution in [0.2, 0.25) is 5.02 Å². The van der Waals surface area contributed by atoms with Gasteiger partial charge in [0, 0.05) is 31.5 Å². The highest BCUT2D eigenvalue weighted by molar-refractivity contribution is 9.10. The fraction of sp³-hybridized carbons (Fsp3) is 0.333. The van der Waals surface area contributed by atoms with Crippen molar-refractivity contribution in [3.8, 4) is 0 Å². The van der Waals surface area contributed by atoms with Crippen LogP contribution in [0.15, 0.2) is 22.9 Å². The minimum absolute atomic E-state index is 0.614. The van der Waals surface area contributed by atoms with Crippen LogP contribution in [-0.2, 0) is 20.0 Å². The van der Waals surface area contributed by atoms with Gasteiger partial charge in [0.05, 0.1) is 15.2 Å². The molecule has 0 radical (unpaired) electrons. The van der Waals surface area contributed by atoms with Crippen LogP contribution in [0, 0.1) is 0 Å². The van der Waals surface area contributed by atoms with Crippen molar-refractivity contribution in [3.05, 3.63) is 39.2 Å². The van der Waals surface area contributed by atoms with Gasteiger partial charge in [-0.3, -0.25) is 4.68 Å². The highest BCUT2D eigenvalue weighted by Crippen LogP contribution is 2.23. The Morgan fingerprint density at radius 2 is 2.28 bits per heavy atom. The number of pyridine rings is 1. The summed E-state index contributed by atoms with van der Waals surface area (Å²) in [5.74, 6) is 0.783. The molecule has 6 heteroatoms. The Labute approximate surface area is 119 Å². The smallest absolute Gasteiger partial charge is 0.140 e. The summed E-state index contributed by atoms with van der Waals surface area (Å²) in [5.41, 5.74) is 2.29. The lowest BCUT2D eigenvalue weighted by molar-refractivity contribution is 0.746. The first-order valence-electron chi connectivity index (χ1n) is 5.66. The fourth-order valence-corrected chi connectivity index (χ4v) is 2.53. The van der Waals surface area contributed by atoms with Gasteiger partial charge in [0.15, 0.2) is 0 Å². The molecule has 0 amide bonds. The van der Waals surface area contributed by atoms with Crippen molar-refractivity contribution in [1.82, 2.24) is 14.8 Å². The molecule has 0 aliphatic heterocycles. The minimum Gasteiger partial charge on any atom is -0.365 e. The van der Waals surface area contributed by atoms with E-state index in [1.807, 2.05) is 24.0 Å². The van der Waals surface area contributed by atoms with Crippen LogP contribution in [0.5, 0.6) is 0 Å². The first kappa shape index (κ1) is 13.4. The zero-order valence-corrected chi connectivity index (χ0v) is 12.6. The molecule has 0 unspecified atom stereocenters. The average Bonchev–Trinajstić information content (AvgIpc) is 2.68. The van der Waals surface area contributed by atoms with Crippen molar-refractivity contribution in [2.45, 2.75) is 19.9 Å². The van der Waals surface area contributed by atoms with E-state index in [0.29, 0.717) is 11.6 Å². The number of anilines is 1. The predicted molar refractivity (Wildman–Crippen MR) is 76.9 cm³/mol. The molecular weight excluding hydrogens is 316 g/mol. The standard InChI is InChI=1S/C12H14BrClN4/c1-3-11-8(7-18(2)17-11)5-15-12-10(13)4-9(14)6-16-12/h4,6-7H,3,5H2,1-2H3,(H,15,16). The molecule has 0 saturated carbocycles. The Morgan fingerprint density at radius 3 is 2.94 bits per heavy atom. The monoisotopic (exact) mass is 328 g/mol. The minimum atomic E-state index is 0.614. The van der Waals surface area contributed by atoms with E-state index in [0.717, 1.165) is 22.4 Å². The quantitative estimate of drug-likeness (QED) is 0.935. The number of nitrogens with one attached hydrogen (secondary N) is 1. The van der Waals surface area contributed by atoms with Crippen molar-refractivity contribution in [2.24, 2.45) is 7.05 Å². The van der Waals surface area contributed by atoms with E-state index >= 15 is 0 Å². The SMILES string of the molecule is CCc1nn(C)cc1CNc1ncc(Cl)cc1Br. The Bertz CT molecular complexity index is 553. The van der Waals surface area contributed by atoms with Crippen LogP contribution < -0.4 is 5.32 Å². The molecule has 0 aromatic carbocycles. The van der Waals surface area contributed by atoms with Crippen molar-refractivity contribution in [1.29, 1.82) is 0 Å². The Kier molecular flexibility index (Phi) is 4.24. The zero-order chi connectivity index (χ0) is 13.1. The van der Waals surface area contributed by atoms with Crippen molar-refractivity contribution in [3.63, 3.8) is 0 Å². The van der Waals surface area contributed by atoms with Gasteiger partial charge in [0.25, 0.3) is 0 Å². The molecule has 0 aliphatic carbocycles. The van der Waals surface area contributed by atoms with E-state index in [9.17, 15) is 0 Å². The Balaban J connectivity index is 2.11. The molecule has 96 valence electrons. The second kappa shape index (κ2) is 5.71. The fourth-order valence-electron chi connectivity index (χ4n) is 1.75. The van der Waals surface area contributed by atoms with Gasteiger partial charge in [0.1, 0.15) is 5.82 Å². The van der Waals surface area contributed by atoms with Crippen LogP contribution in [0.1, 0.15) is 18.2 Å². The predicted octanol–water partition coefficient (Wildman–Crippen LogP) is 3.41. The van der Waals surface area contributed by atoms with Crippen LogP contribution in [0.3, 0.4) is 0 Å². The molecule has 2 aromatic heterocycles. The van der Waals surface area contributed by atoms with Gasteiger partial charge in [-0.25, -0.2) is 4.98 Å². The van der Waals surface area contributed by atoms with Crippen LogP contribution in [-0.4, -0.2) is 14.8 Å². The van der Waals surface area contributed by atoms with Crippen molar-refractivity contribution in [2.75, 3.05) is 5.32 Å². The van der Waals surface area contributed by atoms with E-state index in [-0.39, 0.29) is 0 Å².